The molecule has 0 amide bonds. The molecular formula is C18H24N2O2S. The minimum atomic E-state index is -0.252. The Hall–Kier alpha value is -1.49. The molecule has 23 heavy (non-hydrogen) atoms. The second-order valence-corrected chi connectivity index (χ2v) is 9.04. The van der Waals surface area contributed by atoms with Crippen LogP contribution in [0.3, 0.4) is 0 Å². The van der Waals surface area contributed by atoms with Crippen LogP contribution < -0.4 is 5.56 Å². The number of nitrogens with zero attached hydrogens (tertiary/aromatic N) is 1. The topological polar surface area (TPSA) is 54.9 Å². The number of carbonyl (C=O) groups excluding carboxylic acids is 1. The van der Waals surface area contributed by atoms with Crippen molar-refractivity contribution in [2.45, 2.75) is 45.3 Å². The highest BCUT2D eigenvalue weighted by Crippen LogP contribution is 2.53. The number of hydrogen-bond acceptors (Lipinski definition) is 3. The molecule has 0 spiro atoms. The zero-order chi connectivity index (χ0) is 17.0. The fraction of sp³-hybridized carbons (Fsp3) is 0.556. The van der Waals surface area contributed by atoms with E-state index in [1.54, 1.807) is 14.0 Å². The number of carbonyl (C=O) groups is 1. The van der Waals surface area contributed by atoms with Crippen LogP contribution in [0.1, 0.15) is 49.7 Å². The van der Waals surface area contributed by atoms with E-state index in [4.69, 9.17) is 0 Å². The van der Waals surface area contributed by atoms with Crippen LogP contribution in [0.2, 0.25) is 0 Å². The SMILES string of the molecule is Cc1[nH]n(C)c(=O)c1C(=O)C1=CCC2(C)SCCC(C)(C)C2=C1. The summed E-state index contributed by atoms with van der Waals surface area (Å²) in [5.74, 6) is 0.986. The number of nitrogens with one attached hydrogen (secondary N) is 1. The minimum Gasteiger partial charge on any atom is -0.299 e. The Balaban J connectivity index is 2.04. The van der Waals surface area contributed by atoms with Crippen molar-refractivity contribution in [1.82, 2.24) is 9.78 Å². The van der Waals surface area contributed by atoms with Gasteiger partial charge in [0.05, 0.1) is 0 Å². The number of aromatic amines is 1. The van der Waals surface area contributed by atoms with Crippen molar-refractivity contribution in [3.63, 3.8) is 0 Å². The van der Waals surface area contributed by atoms with Crippen molar-refractivity contribution in [3.8, 4) is 0 Å². The van der Waals surface area contributed by atoms with Gasteiger partial charge in [0.15, 0.2) is 5.78 Å². The molecule has 124 valence electrons. The molecule has 0 aromatic carbocycles. The number of aryl methyl sites for hydroxylation is 2. The number of rotatable bonds is 2. The Morgan fingerprint density at radius 1 is 1.35 bits per heavy atom. The van der Waals surface area contributed by atoms with Crippen LogP contribution in [0, 0.1) is 12.3 Å². The summed E-state index contributed by atoms with van der Waals surface area (Å²) >= 11 is 1.98. The summed E-state index contributed by atoms with van der Waals surface area (Å²) in [5, 5.41) is 2.91. The van der Waals surface area contributed by atoms with E-state index < -0.39 is 0 Å². The predicted octanol–water partition coefficient (Wildman–Crippen LogP) is 3.38. The third kappa shape index (κ3) is 2.55. The van der Waals surface area contributed by atoms with Crippen LogP contribution in [-0.4, -0.2) is 26.1 Å². The van der Waals surface area contributed by atoms with E-state index >= 15 is 0 Å². The van der Waals surface area contributed by atoms with Gasteiger partial charge in [-0.2, -0.15) is 11.8 Å². The Morgan fingerprint density at radius 2 is 2.04 bits per heavy atom. The van der Waals surface area contributed by atoms with E-state index in [1.165, 1.54) is 10.3 Å². The van der Waals surface area contributed by atoms with Crippen LogP contribution >= 0.6 is 11.8 Å². The first-order valence-corrected chi connectivity index (χ1v) is 9.01. The average Bonchev–Trinajstić information content (AvgIpc) is 2.70. The fourth-order valence-corrected chi connectivity index (χ4v) is 5.51. The standard InChI is InChI=1S/C18H24N2O2S/c1-11-14(16(22)20(5)19-11)15(21)12-6-7-18(4)13(10-12)17(2,3)8-9-23-18/h6,10,19H,7-9H2,1-5H3. The third-order valence-corrected chi connectivity index (χ3v) is 6.61. The second-order valence-electron chi connectivity index (χ2n) is 7.44. The van der Waals surface area contributed by atoms with Gasteiger partial charge in [0.2, 0.25) is 0 Å². The van der Waals surface area contributed by atoms with E-state index in [2.05, 4.69) is 25.9 Å². The first-order chi connectivity index (χ1) is 10.7. The zero-order valence-corrected chi connectivity index (χ0v) is 15.3. The highest BCUT2D eigenvalue weighted by molar-refractivity contribution is 8.00. The van der Waals surface area contributed by atoms with E-state index in [1.807, 2.05) is 23.9 Å². The van der Waals surface area contributed by atoms with Gasteiger partial charge in [-0.3, -0.25) is 19.4 Å². The minimum absolute atomic E-state index is 0.0731. The van der Waals surface area contributed by atoms with Crippen molar-refractivity contribution >= 4 is 17.5 Å². The number of hydrogen-bond donors (Lipinski definition) is 1. The van der Waals surface area contributed by atoms with Gasteiger partial charge in [-0.1, -0.05) is 26.0 Å². The average molecular weight is 332 g/mol. The predicted molar refractivity (Wildman–Crippen MR) is 95.1 cm³/mol. The Bertz CT molecular complexity index is 794. The Morgan fingerprint density at radius 3 is 2.65 bits per heavy atom. The highest BCUT2D eigenvalue weighted by Gasteiger charge is 2.43. The van der Waals surface area contributed by atoms with Gasteiger partial charge < -0.3 is 0 Å². The molecule has 1 aromatic rings. The lowest BCUT2D eigenvalue weighted by Gasteiger charge is -2.47. The molecule has 2 aliphatic rings. The molecule has 2 heterocycles. The molecule has 0 bridgehead atoms. The van der Waals surface area contributed by atoms with Crippen LogP contribution in [-0.2, 0) is 7.05 Å². The lowest BCUT2D eigenvalue weighted by Crippen LogP contribution is -2.39. The van der Waals surface area contributed by atoms with Crippen molar-refractivity contribution in [2.24, 2.45) is 12.5 Å². The lowest BCUT2D eigenvalue weighted by atomic mass is 9.70. The second kappa shape index (κ2) is 5.26. The van der Waals surface area contributed by atoms with Crippen molar-refractivity contribution in [1.29, 1.82) is 0 Å². The Labute approximate surface area is 141 Å². The zero-order valence-electron chi connectivity index (χ0n) is 14.4. The van der Waals surface area contributed by atoms with Crippen molar-refractivity contribution in [3.05, 3.63) is 44.9 Å². The molecular weight excluding hydrogens is 308 g/mol. The first-order valence-electron chi connectivity index (χ1n) is 8.03. The number of ketones is 1. The van der Waals surface area contributed by atoms with Gasteiger partial charge in [0.1, 0.15) is 5.56 Å². The van der Waals surface area contributed by atoms with Gasteiger partial charge in [0.25, 0.3) is 5.56 Å². The van der Waals surface area contributed by atoms with E-state index in [9.17, 15) is 9.59 Å². The maximum absolute atomic E-state index is 12.9. The van der Waals surface area contributed by atoms with Crippen LogP contribution in [0.5, 0.6) is 0 Å². The smallest absolute Gasteiger partial charge is 0.277 e. The maximum Gasteiger partial charge on any atom is 0.277 e. The van der Waals surface area contributed by atoms with Gasteiger partial charge in [0, 0.05) is 23.1 Å². The number of Topliss-reactive ketones (excluding diaryl/α,β-unsaturated/α-hetero) is 1. The molecule has 3 rings (SSSR count). The van der Waals surface area contributed by atoms with Crippen molar-refractivity contribution in [2.75, 3.05) is 5.75 Å². The summed E-state index contributed by atoms with van der Waals surface area (Å²) in [7, 11) is 1.64. The van der Waals surface area contributed by atoms with Gasteiger partial charge in [-0.15, -0.1) is 0 Å². The number of thioether (sulfide) groups is 1. The maximum atomic E-state index is 12.9. The molecule has 1 N–H and O–H groups in total. The monoisotopic (exact) mass is 332 g/mol. The van der Waals surface area contributed by atoms with Crippen LogP contribution in [0.25, 0.3) is 0 Å². The van der Waals surface area contributed by atoms with E-state index in [-0.39, 0.29) is 27.1 Å². The summed E-state index contributed by atoms with van der Waals surface area (Å²) in [6.45, 7) is 8.55. The summed E-state index contributed by atoms with van der Waals surface area (Å²) in [6, 6.07) is 0. The van der Waals surface area contributed by atoms with Gasteiger partial charge in [-0.25, -0.2) is 0 Å². The van der Waals surface area contributed by atoms with Crippen LogP contribution in [0.4, 0.5) is 0 Å². The van der Waals surface area contributed by atoms with Gasteiger partial charge >= 0.3 is 0 Å². The van der Waals surface area contributed by atoms with Crippen LogP contribution in [0.15, 0.2) is 28.1 Å². The molecule has 1 unspecified atom stereocenters. The quantitative estimate of drug-likeness (QED) is 0.845. The van der Waals surface area contributed by atoms with E-state index in [0.29, 0.717) is 11.3 Å². The Kier molecular flexibility index (Phi) is 3.75. The molecule has 1 aliphatic carbocycles. The number of aromatic nitrogens is 2. The molecule has 0 radical (unpaired) electrons. The molecule has 1 saturated heterocycles. The normalized spacial score (nSPS) is 26.3. The highest BCUT2D eigenvalue weighted by atomic mass is 32.2. The molecule has 1 aliphatic heterocycles. The molecule has 0 saturated carbocycles. The number of allylic oxidation sites excluding steroid dienone is 3. The fourth-order valence-electron chi connectivity index (χ4n) is 3.75. The number of H-pyrrole nitrogens is 1. The molecule has 4 nitrogen and oxygen atoms in total. The molecule has 5 heteroatoms. The number of fused-ring (bicyclic) bond motifs is 1. The first kappa shape index (κ1) is 16.4. The summed E-state index contributed by atoms with van der Waals surface area (Å²) in [5.41, 5.74) is 2.73. The van der Waals surface area contributed by atoms with E-state index in [0.717, 1.165) is 18.6 Å². The molecule has 1 aromatic heterocycles. The summed E-state index contributed by atoms with van der Waals surface area (Å²) in [4.78, 5) is 25.1. The lowest BCUT2D eigenvalue weighted by molar-refractivity contribution is 0.103. The molecule has 1 fully saturated rings. The van der Waals surface area contributed by atoms with Gasteiger partial charge in [-0.05, 0) is 43.4 Å². The largest absolute Gasteiger partial charge is 0.299 e. The molecule has 1 atom stereocenters. The summed E-state index contributed by atoms with van der Waals surface area (Å²) < 4.78 is 1.44. The van der Waals surface area contributed by atoms with Crippen molar-refractivity contribution < 1.29 is 4.79 Å². The summed E-state index contributed by atoms with van der Waals surface area (Å²) in [6.07, 6.45) is 6.01. The third-order valence-electron chi connectivity index (χ3n) is 5.18.